The van der Waals surface area contributed by atoms with Crippen molar-refractivity contribution in [2.24, 2.45) is 0 Å². The number of hydrogen-bond donors (Lipinski definition) is 2. The lowest BCUT2D eigenvalue weighted by molar-refractivity contribution is -0.115. The average Bonchev–Trinajstić information content (AvgIpc) is 2.70. The van der Waals surface area contributed by atoms with Gasteiger partial charge in [-0.15, -0.1) is 0 Å². The summed E-state index contributed by atoms with van der Waals surface area (Å²) >= 11 is 6.00. The van der Waals surface area contributed by atoms with Crippen molar-refractivity contribution in [1.29, 1.82) is 5.26 Å². The van der Waals surface area contributed by atoms with E-state index in [1.165, 1.54) is 0 Å². The first-order valence-corrected chi connectivity index (χ1v) is 8.88. The first-order valence-electron chi connectivity index (χ1n) is 8.50. The molecule has 0 aliphatic rings. The summed E-state index contributed by atoms with van der Waals surface area (Å²) in [5.74, 6) is -0.215. The summed E-state index contributed by atoms with van der Waals surface area (Å²) < 4.78 is 0. The molecule has 134 valence electrons. The second kappa shape index (κ2) is 9.00. The van der Waals surface area contributed by atoms with Gasteiger partial charge in [-0.3, -0.25) is 10.1 Å². The molecular weight excluding hydrogens is 358 g/mol. The van der Waals surface area contributed by atoms with Gasteiger partial charge in [-0.1, -0.05) is 66.2 Å². The Kier molecular flexibility index (Phi) is 6.22. The molecule has 1 atom stereocenters. The van der Waals surface area contributed by atoms with Gasteiger partial charge in [0.25, 0.3) is 0 Å². The number of amides is 1. The molecule has 0 heterocycles. The standard InChI is InChI=1S/C22H18ClN3O/c23-19-12-10-17(11-13-19)22(16-6-2-1-3-7-16)25-15-21(27)26-20-9-5-4-8-18(20)14-24/h1-13,22,25H,15H2,(H,26,27)/t22-/m0/s1. The van der Waals surface area contributed by atoms with Crippen LogP contribution in [0.25, 0.3) is 0 Å². The summed E-state index contributed by atoms with van der Waals surface area (Å²) in [5, 5.41) is 15.9. The van der Waals surface area contributed by atoms with E-state index in [9.17, 15) is 4.79 Å². The predicted octanol–water partition coefficient (Wildman–Crippen LogP) is 4.53. The number of anilines is 1. The average molecular weight is 376 g/mol. The van der Waals surface area contributed by atoms with Gasteiger partial charge in [0.1, 0.15) is 6.07 Å². The van der Waals surface area contributed by atoms with Crippen molar-refractivity contribution >= 4 is 23.2 Å². The maximum Gasteiger partial charge on any atom is 0.238 e. The first kappa shape index (κ1) is 18.7. The third-order valence-electron chi connectivity index (χ3n) is 4.12. The van der Waals surface area contributed by atoms with Crippen molar-refractivity contribution in [2.45, 2.75) is 6.04 Å². The minimum absolute atomic E-state index is 0.0992. The molecular formula is C22H18ClN3O. The Morgan fingerprint density at radius 3 is 2.26 bits per heavy atom. The largest absolute Gasteiger partial charge is 0.324 e. The summed E-state index contributed by atoms with van der Waals surface area (Å²) in [5.41, 5.74) is 3.00. The van der Waals surface area contributed by atoms with Gasteiger partial charge in [0.2, 0.25) is 5.91 Å². The molecule has 0 radical (unpaired) electrons. The van der Waals surface area contributed by atoms with E-state index in [0.29, 0.717) is 16.3 Å². The maximum atomic E-state index is 12.4. The van der Waals surface area contributed by atoms with Crippen LogP contribution in [0.2, 0.25) is 5.02 Å². The van der Waals surface area contributed by atoms with Crippen LogP contribution in [-0.4, -0.2) is 12.5 Å². The Labute approximate surface area is 163 Å². The topological polar surface area (TPSA) is 64.9 Å². The van der Waals surface area contributed by atoms with E-state index < -0.39 is 0 Å². The highest BCUT2D eigenvalue weighted by molar-refractivity contribution is 6.30. The van der Waals surface area contributed by atoms with E-state index in [-0.39, 0.29) is 18.5 Å². The van der Waals surface area contributed by atoms with Crippen LogP contribution in [0, 0.1) is 11.3 Å². The first-order chi connectivity index (χ1) is 13.2. The maximum absolute atomic E-state index is 12.4. The fourth-order valence-electron chi connectivity index (χ4n) is 2.81. The highest BCUT2D eigenvalue weighted by Crippen LogP contribution is 2.23. The molecule has 0 unspecified atom stereocenters. The molecule has 0 aromatic heterocycles. The second-order valence-corrected chi connectivity index (χ2v) is 6.42. The number of nitriles is 1. The van der Waals surface area contributed by atoms with Gasteiger partial charge in [0, 0.05) is 5.02 Å². The second-order valence-electron chi connectivity index (χ2n) is 5.98. The van der Waals surface area contributed by atoms with Gasteiger partial charge >= 0.3 is 0 Å². The van der Waals surface area contributed by atoms with E-state index in [0.717, 1.165) is 11.1 Å². The normalized spacial score (nSPS) is 11.4. The lowest BCUT2D eigenvalue weighted by Crippen LogP contribution is -2.32. The van der Waals surface area contributed by atoms with Crippen LogP contribution >= 0.6 is 11.6 Å². The molecule has 5 heteroatoms. The number of benzene rings is 3. The zero-order valence-electron chi connectivity index (χ0n) is 14.5. The SMILES string of the molecule is N#Cc1ccccc1NC(=O)CN[C@@H](c1ccccc1)c1ccc(Cl)cc1. The molecule has 3 aromatic carbocycles. The van der Waals surface area contributed by atoms with E-state index in [1.54, 1.807) is 24.3 Å². The van der Waals surface area contributed by atoms with E-state index in [4.69, 9.17) is 16.9 Å². The summed E-state index contributed by atoms with van der Waals surface area (Å²) in [6.45, 7) is 0.0992. The molecule has 0 spiro atoms. The number of para-hydroxylation sites is 1. The number of nitrogens with one attached hydrogen (secondary N) is 2. The van der Waals surface area contributed by atoms with Crippen molar-refractivity contribution < 1.29 is 4.79 Å². The van der Waals surface area contributed by atoms with Crippen LogP contribution in [-0.2, 0) is 4.79 Å². The highest BCUT2D eigenvalue weighted by Gasteiger charge is 2.15. The summed E-state index contributed by atoms with van der Waals surface area (Å²) in [7, 11) is 0. The van der Waals surface area contributed by atoms with Crippen molar-refractivity contribution in [2.75, 3.05) is 11.9 Å². The van der Waals surface area contributed by atoms with Crippen molar-refractivity contribution in [3.05, 3.63) is 101 Å². The molecule has 4 nitrogen and oxygen atoms in total. The molecule has 0 bridgehead atoms. The Hall–Kier alpha value is -3.13. The molecule has 3 aromatic rings. The Morgan fingerprint density at radius 2 is 1.56 bits per heavy atom. The zero-order chi connectivity index (χ0) is 19.1. The highest BCUT2D eigenvalue weighted by atomic mass is 35.5. The molecule has 0 saturated carbocycles. The molecule has 1 amide bonds. The fraction of sp³-hybridized carbons (Fsp3) is 0.0909. The van der Waals surface area contributed by atoms with Gasteiger partial charge < -0.3 is 5.32 Å². The summed E-state index contributed by atoms with van der Waals surface area (Å²) in [4.78, 5) is 12.4. The van der Waals surface area contributed by atoms with Gasteiger partial charge in [-0.2, -0.15) is 5.26 Å². The lowest BCUT2D eigenvalue weighted by atomic mass is 9.99. The van der Waals surface area contributed by atoms with Gasteiger partial charge in [0.05, 0.1) is 23.8 Å². The van der Waals surface area contributed by atoms with Crippen molar-refractivity contribution in [1.82, 2.24) is 5.32 Å². The molecule has 0 saturated heterocycles. The predicted molar refractivity (Wildman–Crippen MR) is 108 cm³/mol. The fourth-order valence-corrected chi connectivity index (χ4v) is 2.93. The summed E-state index contributed by atoms with van der Waals surface area (Å²) in [6.07, 6.45) is 0. The van der Waals surface area contributed by atoms with Crippen molar-refractivity contribution in [3.8, 4) is 6.07 Å². The number of rotatable bonds is 6. The van der Waals surface area contributed by atoms with Crippen LogP contribution in [0.15, 0.2) is 78.9 Å². The van der Waals surface area contributed by atoms with E-state index in [2.05, 4.69) is 16.7 Å². The third kappa shape index (κ3) is 4.95. The number of carbonyl (C=O) groups is 1. The quantitative estimate of drug-likeness (QED) is 0.665. The summed E-state index contributed by atoms with van der Waals surface area (Å²) in [6, 6.07) is 26.3. The zero-order valence-corrected chi connectivity index (χ0v) is 15.3. The van der Waals surface area contributed by atoms with Gasteiger partial charge in [-0.05, 0) is 35.4 Å². The van der Waals surface area contributed by atoms with Crippen LogP contribution in [0.4, 0.5) is 5.69 Å². The van der Waals surface area contributed by atoms with Crippen LogP contribution in [0.1, 0.15) is 22.7 Å². The molecule has 0 aliphatic carbocycles. The number of hydrogen-bond acceptors (Lipinski definition) is 3. The van der Waals surface area contributed by atoms with Crippen molar-refractivity contribution in [3.63, 3.8) is 0 Å². The van der Waals surface area contributed by atoms with E-state index >= 15 is 0 Å². The Balaban J connectivity index is 1.74. The minimum atomic E-state index is -0.215. The van der Waals surface area contributed by atoms with Crippen LogP contribution in [0.5, 0.6) is 0 Å². The number of nitrogens with zero attached hydrogens (tertiary/aromatic N) is 1. The molecule has 3 rings (SSSR count). The molecule has 2 N–H and O–H groups in total. The minimum Gasteiger partial charge on any atom is -0.324 e. The molecule has 27 heavy (non-hydrogen) atoms. The monoisotopic (exact) mass is 375 g/mol. The van der Waals surface area contributed by atoms with Gasteiger partial charge in [0.15, 0.2) is 0 Å². The third-order valence-corrected chi connectivity index (χ3v) is 4.38. The van der Waals surface area contributed by atoms with Crippen LogP contribution in [0.3, 0.4) is 0 Å². The molecule has 0 fully saturated rings. The number of halogens is 1. The van der Waals surface area contributed by atoms with Crippen LogP contribution < -0.4 is 10.6 Å². The Bertz CT molecular complexity index is 949. The van der Waals surface area contributed by atoms with Gasteiger partial charge in [-0.25, -0.2) is 0 Å². The molecule has 0 aliphatic heterocycles. The smallest absolute Gasteiger partial charge is 0.238 e. The Morgan fingerprint density at radius 1 is 0.926 bits per heavy atom. The lowest BCUT2D eigenvalue weighted by Gasteiger charge is -2.20. The number of carbonyl (C=O) groups excluding carboxylic acids is 1. The van der Waals surface area contributed by atoms with E-state index in [1.807, 2.05) is 54.6 Å².